The number of alkyl halides is 4. The van der Waals surface area contributed by atoms with Crippen LogP contribution in [0.1, 0.15) is 20.7 Å². The largest absolute Gasteiger partial charge is 0.373 e. The summed E-state index contributed by atoms with van der Waals surface area (Å²) in [6.45, 7) is -2.45. The summed E-state index contributed by atoms with van der Waals surface area (Å²) in [6, 6.07) is 3.03. The number of rotatable bonds is 6. The van der Waals surface area contributed by atoms with E-state index >= 15 is 0 Å². The highest BCUT2D eigenvalue weighted by Gasteiger charge is 2.41. The lowest BCUT2D eigenvalue weighted by molar-refractivity contribution is -0.165. The predicted octanol–water partition coefficient (Wildman–Crippen LogP) is 2.34. The summed E-state index contributed by atoms with van der Waals surface area (Å²) in [5.74, 6) is -6.51. The van der Waals surface area contributed by atoms with Crippen molar-refractivity contribution in [2.75, 3.05) is 19.8 Å². The molecular weight excluding hydrogens is 313 g/mol. The Balaban J connectivity index is 1.93. The summed E-state index contributed by atoms with van der Waals surface area (Å²) in [7, 11) is 0. The van der Waals surface area contributed by atoms with Gasteiger partial charge < -0.3 is 4.74 Å². The molecule has 2 rings (SSSR count). The van der Waals surface area contributed by atoms with Crippen molar-refractivity contribution in [1.29, 1.82) is 0 Å². The van der Waals surface area contributed by atoms with E-state index in [4.69, 9.17) is 0 Å². The molecule has 0 bridgehead atoms. The first-order valence-electron chi connectivity index (χ1n) is 6.13. The van der Waals surface area contributed by atoms with Crippen LogP contribution in [-0.2, 0) is 4.74 Å². The zero-order valence-electron chi connectivity index (χ0n) is 11.0. The van der Waals surface area contributed by atoms with Crippen LogP contribution in [-0.4, -0.2) is 48.8 Å². The fourth-order valence-corrected chi connectivity index (χ4v) is 1.89. The van der Waals surface area contributed by atoms with E-state index in [0.717, 1.165) is 18.2 Å². The molecule has 0 atom stereocenters. The zero-order chi connectivity index (χ0) is 16.5. The molecule has 1 heterocycles. The van der Waals surface area contributed by atoms with Gasteiger partial charge in [0, 0.05) is 0 Å². The van der Waals surface area contributed by atoms with Gasteiger partial charge in [0.15, 0.2) is 0 Å². The molecule has 1 aliphatic heterocycles. The predicted molar refractivity (Wildman–Crippen MR) is 63.5 cm³/mol. The molecule has 0 spiro atoms. The molecule has 120 valence electrons. The summed E-state index contributed by atoms with van der Waals surface area (Å²) in [4.78, 5) is 24.4. The van der Waals surface area contributed by atoms with E-state index in [1.54, 1.807) is 0 Å². The first-order valence-corrected chi connectivity index (χ1v) is 6.13. The van der Waals surface area contributed by atoms with Crippen LogP contribution in [0.25, 0.3) is 0 Å². The third-order valence-corrected chi connectivity index (χ3v) is 3.01. The number of ether oxygens (including phenoxy) is 1. The van der Waals surface area contributed by atoms with Crippen molar-refractivity contribution in [3.05, 3.63) is 35.1 Å². The van der Waals surface area contributed by atoms with Crippen LogP contribution in [0.4, 0.5) is 22.0 Å². The third-order valence-electron chi connectivity index (χ3n) is 3.01. The van der Waals surface area contributed by atoms with Crippen LogP contribution in [0, 0.1) is 5.82 Å². The fraction of sp³-hybridized carbons (Fsp3) is 0.385. The van der Waals surface area contributed by atoms with E-state index in [9.17, 15) is 31.5 Å². The Hall–Kier alpha value is -2.03. The number of hydrogen-bond donors (Lipinski definition) is 0. The van der Waals surface area contributed by atoms with Gasteiger partial charge in [-0.25, -0.2) is 13.2 Å². The smallest absolute Gasteiger partial charge is 0.330 e. The second-order valence-electron chi connectivity index (χ2n) is 4.57. The highest BCUT2D eigenvalue weighted by Crippen LogP contribution is 2.24. The minimum Gasteiger partial charge on any atom is -0.373 e. The Bertz CT molecular complexity index is 605. The maximum absolute atomic E-state index is 13.0. The fourth-order valence-electron chi connectivity index (χ4n) is 1.89. The number of hydrogen-bond acceptors (Lipinski definition) is 3. The van der Waals surface area contributed by atoms with Crippen LogP contribution < -0.4 is 0 Å². The molecule has 0 fully saturated rings. The SMILES string of the molecule is O=C1c2ccc(F)cc2C(=O)N1CCOCC(F)(F)C(F)F. The van der Waals surface area contributed by atoms with E-state index in [-0.39, 0.29) is 11.1 Å². The molecule has 1 aromatic carbocycles. The van der Waals surface area contributed by atoms with Crippen molar-refractivity contribution >= 4 is 11.8 Å². The number of carbonyl (C=O) groups is 2. The quantitative estimate of drug-likeness (QED) is 0.459. The summed E-state index contributed by atoms with van der Waals surface area (Å²) in [6.07, 6.45) is -3.87. The van der Waals surface area contributed by atoms with E-state index in [2.05, 4.69) is 4.74 Å². The molecule has 9 heteroatoms. The number of amides is 2. The lowest BCUT2D eigenvalue weighted by atomic mass is 10.1. The van der Waals surface area contributed by atoms with Crippen LogP contribution in [0.15, 0.2) is 18.2 Å². The van der Waals surface area contributed by atoms with Crippen LogP contribution in [0.3, 0.4) is 0 Å². The molecule has 1 aromatic rings. The van der Waals surface area contributed by atoms with Gasteiger partial charge in [-0.05, 0) is 18.2 Å². The minimum atomic E-state index is -4.30. The Morgan fingerprint density at radius 1 is 1.14 bits per heavy atom. The lowest BCUT2D eigenvalue weighted by Crippen LogP contribution is -2.36. The molecule has 0 aromatic heterocycles. The van der Waals surface area contributed by atoms with Crippen molar-refractivity contribution in [2.45, 2.75) is 12.3 Å². The molecule has 0 unspecified atom stereocenters. The normalized spacial score (nSPS) is 14.9. The van der Waals surface area contributed by atoms with Crippen molar-refractivity contribution in [1.82, 2.24) is 4.90 Å². The van der Waals surface area contributed by atoms with E-state index in [1.165, 1.54) is 0 Å². The van der Waals surface area contributed by atoms with Gasteiger partial charge in [-0.1, -0.05) is 0 Å². The maximum Gasteiger partial charge on any atom is 0.330 e. The standard InChI is InChI=1S/C13H10F5NO3/c14-7-1-2-8-9(5-7)11(21)19(10(8)20)3-4-22-6-13(17,18)12(15)16/h1-2,5,12H,3-4,6H2. The Morgan fingerprint density at radius 3 is 2.41 bits per heavy atom. The number of imide groups is 1. The second-order valence-corrected chi connectivity index (χ2v) is 4.57. The minimum absolute atomic E-state index is 0.00990. The molecule has 0 N–H and O–H groups in total. The highest BCUT2D eigenvalue weighted by atomic mass is 19.3. The Kier molecular flexibility index (Phi) is 4.45. The van der Waals surface area contributed by atoms with Crippen molar-refractivity contribution in [3.63, 3.8) is 0 Å². The van der Waals surface area contributed by atoms with Gasteiger partial charge in [0.2, 0.25) is 0 Å². The summed E-state index contributed by atoms with van der Waals surface area (Å²) >= 11 is 0. The molecule has 1 aliphatic rings. The maximum atomic E-state index is 13.0. The van der Waals surface area contributed by atoms with Gasteiger partial charge in [-0.3, -0.25) is 14.5 Å². The van der Waals surface area contributed by atoms with Gasteiger partial charge in [0.1, 0.15) is 12.4 Å². The van der Waals surface area contributed by atoms with E-state index in [0.29, 0.717) is 4.90 Å². The summed E-state index contributed by atoms with van der Waals surface area (Å²) < 4.78 is 66.4. The molecule has 0 aliphatic carbocycles. The molecule has 0 radical (unpaired) electrons. The summed E-state index contributed by atoms with van der Waals surface area (Å²) in [5, 5.41) is 0. The number of nitrogens with zero attached hydrogens (tertiary/aromatic N) is 1. The number of benzene rings is 1. The molecule has 0 saturated carbocycles. The van der Waals surface area contributed by atoms with E-state index < -0.39 is 49.7 Å². The average molecular weight is 323 g/mol. The topological polar surface area (TPSA) is 46.6 Å². The van der Waals surface area contributed by atoms with Crippen molar-refractivity contribution in [3.8, 4) is 0 Å². The number of halogens is 5. The monoisotopic (exact) mass is 323 g/mol. The molecular formula is C13H10F5NO3. The lowest BCUT2D eigenvalue weighted by Gasteiger charge is -2.17. The van der Waals surface area contributed by atoms with Gasteiger partial charge >= 0.3 is 12.3 Å². The molecule has 2 amide bonds. The van der Waals surface area contributed by atoms with Gasteiger partial charge in [-0.2, -0.15) is 8.78 Å². The van der Waals surface area contributed by atoms with Crippen LogP contribution in [0.2, 0.25) is 0 Å². The average Bonchev–Trinajstić information content (AvgIpc) is 2.67. The second kappa shape index (κ2) is 5.99. The van der Waals surface area contributed by atoms with E-state index in [1.807, 2.05) is 0 Å². The van der Waals surface area contributed by atoms with Crippen molar-refractivity contribution in [2.24, 2.45) is 0 Å². The van der Waals surface area contributed by atoms with Crippen molar-refractivity contribution < 1.29 is 36.3 Å². The third kappa shape index (κ3) is 3.08. The van der Waals surface area contributed by atoms with Crippen LogP contribution >= 0.6 is 0 Å². The van der Waals surface area contributed by atoms with Gasteiger partial charge in [0.05, 0.1) is 24.3 Å². The zero-order valence-corrected chi connectivity index (χ0v) is 11.0. The van der Waals surface area contributed by atoms with Gasteiger partial charge in [-0.15, -0.1) is 0 Å². The first kappa shape index (κ1) is 16.3. The highest BCUT2D eigenvalue weighted by molar-refractivity contribution is 6.21. The summed E-state index contributed by atoms with van der Waals surface area (Å²) in [5.41, 5.74) is -0.146. The molecule has 0 saturated heterocycles. The number of carbonyl (C=O) groups excluding carboxylic acids is 2. The number of fused-ring (bicyclic) bond motifs is 1. The van der Waals surface area contributed by atoms with Gasteiger partial charge in [0.25, 0.3) is 11.8 Å². The molecule has 22 heavy (non-hydrogen) atoms. The Labute approximate surface area is 121 Å². The molecule has 4 nitrogen and oxygen atoms in total. The first-order chi connectivity index (χ1) is 10.2. The van der Waals surface area contributed by atoms with Crippen LogP contribution in [0.5, 0.6) is 0 Å². The Morgan fingerprint density at radius 2 is 1.77 bits per heavy atom.